The molecule has 0 bridgehead atoms. The van der Waals surface area contributed by atoms with Crippen LogP contribution in [0.4, 0.5) is 37.7 Å². The summed E-state index contributed by atoms with van der Waals surface area (Å²) in [5.74, 6) is -0.492. The van der Waals surface area contributed by atoms with Crippen LogP contribution < -0.4 is 4.90 Å². The summed E-state index contributed by atoms with van der Waals surface area (Å²) in [6.45, 7) is -2.33. The Hall–Kier alpha value is -4.15. The fourth-order valence-corrected chi connectivity index (χ4v) is 2.84. The summed E-state index contributed by atoms with van der Waals surface area (Å²) >= 11 is 0. The lowest BCUT2D eigenvalue weighted by molar-refractivity contribution is -0.384. The lowest BCUT2D eigenvalue weighted by atomic mass is 10.1. The van der Waals surface area contributed by atoms with Gasteiger partial charge in [0.2, 0.25) is 11.8 Å². The van der Waals surface area contributed by atoms with Crippen LogP contribution in [0.5, 0.6) is 0 Å². The van der Waals surface area contributed by atoms with Gasteiger partial charge in [-0.05, 0) is 30.3 Å². The first-order valence-electron chi connectivity index (χ1n) is 8.87. The molecular formula is C19H11F6N5O3. The average Bonchev–Trinajstić information content (AvgIpc) is 3.20. The smallest absolute Gasteiger partial charge is 0.417 e. The first kappa shape index (κ1) is 23.5. The van der Waals surface area contributed by atoms with E-state index in [1.165, 1.54) is 18.2 Å². The van der Waals surface area contributed by atoms with Crippen LogP contribution in [0, 0.1) is 21.4 Å². The van der Waals surface area contributed by atoms with E-state index in [4.69, 9.17) is 9.68 Å². The van der Waals surface area contributed by atoms with Crippen molar-refractivity contribution in [3.8, 4) is 17.5 Å². The van der Waals surface area contributed by atoms with Crippen LogP contribution in [0.2, 0.25) is 0 Å². The summed E-state index contributed by atoms with van der Waals surface area (Å²) in [7, 11) is 0. The second kappa shape index (κ2) is 8.77. The maximum absolute atomic E-state index is 13.2. The van der Waals surface area contributed by atoms with E-state index in [-0.39, 0.29) is 23.0 Å². The third-order valence-electron chi connectivity index (χ3n) is 4.28. The summed E-state index contributed by atoms with van der Waals surface area (Å²) in [5, 5.41) is 26.9. The van der Waals surface area contributed by atoms with E-state index in [1.54, 1.807) is 0 Å². The zero-order valence-corrected chi connectivity index (χ0v) is 16.2. The molecular weight excluding hydrogens is 460 g/mol. The van der Waals surface area contributed by atoms with Crippen molar-refractivity contribution in [2.45, 2.75) is 18.9 Å². The quantitative estimate of drug-likeness (QED) is 0.279. The number of hydrogen-bond donors (Lipinski definition) is 0. The number of benzene rings is 2. The molecule has 1 heterocycles. The van der Waals surface area contributed by atoms with E-state index >= 15 is 0 Å². The highest BCUT2D eigenvalue weighted by Crippen LogP contribution is 2.35. The largest absolute Gasteiger partial charge is 0.419 e. The van der Waals surface area contributed by atoms with Gasteiger partial charge in [-0.1, -0.05) is 0 Å². The average molecular weight is 471 g/mol. The van der Waals surface area contributed by atoms with Gasteiger partial charge in [0.1, 0.15) is 6.54 Å². The van der Waals surface area contributed by atoms with Gasteiger partial charge >= 0.3 is 12.4 Å². The van der Waals surface area contributed by atoms with Crippen LogP contribution in [0.25, 0.3) is 11.5 Å². The van der Waals surface area contributed by atoms with Crippen LogP contribution in [0.3, 0.4) is 0 Å². The molecule has 8 nitrogen and oxygen atoms in total. The Bertz CT molecular complexity index is 1200. The van der Waals surface area contributed by atoms with Gasteiger partial charge in [0.15, 0.2) is 0 Å². The number of nitrogens with zero attached hydrogens (tertiary/aromatic N) is 5. The molecule has 1 aromatic heterocycles. The Morgan fingerprint density at radius 3 is 2.27 bits per heavy atom. The number of rotatable bonds is 6. The molecule has 14 heteroatoms. The van der Waals surface area contributed by atoms with Crippen molar-refractivity contribution >= 4 is 11.4 Å². The number of aromatic nitrogens is 2. The molecule has 0 aliphatic heterocycles. The van der Waals surface area contributed by atoms with Crippen LogP contribution in [-0.2, 0) is 12.7 Å². The summed E-state index contributed by atoms with van der Waals surface area (Å²) in [6, 6.07) is 8.42. The number of non-ortho nitro benzene ring substituents is 1. The molecule has 0 aliphatic rings. The van der Waals surface area contributed by atoms with E-state index in [9.17, 15) is 36.5 Å². The number of nitriles is 1. The van der Waals surface area contributed by atoms with E-state index in [1.807, 2.05) is 0 Å². The van der Waals surface area contributed by atoms with E-state index in [2.05, 4.69) is 10.2 Å². The monoisotopic (exact) mass is 471 g/mol. The van der Waals surface area contributed by atoms with Crippen LogP contribution in [0.15, 0.2) is 46.9 Å². The van der Waals surface area contributed by atoms with Crippen molar-refractivity contribution in [3.63, 3.8) is 0 Å². The Morgan fingerprint density at radius 2 is 1.73 bits per heavy atom. The molecule has 2 aromatic carbocycles. The highest BCUT2D eigenvalue weighted by atomic mass is 19.4. The summed E-state index contributed by atoms with van der Waals surface area (Å²) < 4.78 is 84.3. The zero-order valence-electron chi connectivity index (χ0n) is 16.2. The predicted molar refractivity (Wildman–Crippen MR) is 99.7 cm³/mol. The number of nitro groups is 1. The number of halogens is 6. The molecule has 0 atom stereocenters. The van der Waals surface area contributed by atoms with Gasteiger partial charge in [-0.15, -0.1) is 10.2 Å². The topological polar surface area (TPSA) is 109 Å². The second-order valence-electron chi connectivity index (χ2n) is 6.62. The highest BCUT2D eigenvalue weighted by molar-refractivity contribution is 5.56. The number of nitro benzene ring substituents is 1. The van der Waals surface area contributed by atoms with Gasteiger partial charge in [-0.2, -0.15) is 31.6 Å². The standard InChI is InChI=1S/C19H11F6N5O3/c20-18(21,22)10-29(14-6-3-12(8-26)15(7-14)19(23,24)25)9-16-27-28-17(33-16)11-1-4-13(5-2-11)30(31)32/h1-7H,9-10H2. The second-order valence-corrected chi connectivity index (χ2v) is 6.62. The lowest BCUT2D eigenvalue weighted by Gasteiger charge is -2.25. The molecule has 172 valence electrons. The number of alkyl halides is 6. The van der Waals surface area contributed by atoms with E-state index in [0.29, 0.717) is 11.0 Å². The van der Waals surface area contributed by atoms with Gasteiger partial charge < -0.3 is 9.32 Å². The lowest BCUT2D eigenvalue weighted by Crippen LogP contribution is -2.34. The SMILES string of the molecule is N#Cc1ccc(N(Cc2nnc(-c3ccc([N+](=O)[O-])cc3)o2)CC(F)(F)F)cc1C(F)(F)F. The minimum absolute atomic E-state index is 0.150. The van der Waals surface area contributed by atoms with Crippen molar-refractivity contribution in [1.29, 1.82) is 5.26 Å². The highest BCUT2D eigenvalue weighted by Gasteiger charge is 2.36. The number of hydrogen-bond acceptors (Lipinski definition) is 7. The summed E-state index contributed by atoms with van der Waals surface area (Å²) in [6.07, 6.45) is -9.74. The molecule has 0 spiro atoms. The molecule has 0 fully saturated rings. The molecule has 0 N–H and O–H groups in total. The molecule has 0 aliphatic carbocycles. The van der Waals surface area contributed by atoms with Crippen molar-refractivity contribution in [2.75, 3.05) is 11.4 Å². The Balaban J connectivity index is 1.92. The molecule has 3 rings (SSSR count). The maximum atomic E-state index is 13.2. The molecule has 3 aromatic rings. The van der Waals surface area contributed by atoms with Gasteiger partial charge in [0.25, 0.3) is 5.69 Å². The van der Waals surface area contributed by atoms with Crippen LogP contribution in [0.1, 0.15) is 17.0 Å². The van der Waals surface area contributed by atoms with E-state index in [0.717, 1.165) is 24.3 Å². The molecule has 0 radical (unpaired) electrons. The van der Waals surface area contributed by atoms with Crippen LogP contribution in [-0.4, -0.2) is 27.8 Å². The summed E-state index contributed by atoms with van der Waals surface area (Å²) in [5.41, 5.74) is -2.55. The normalized spacial score (nSPS) is 11.8. The molecule has 0 saturated heterocycles. The van der Waals surface area contributed by atoms with Gasteiger partial charge in [-0.25, -0.2) is 0 Å². The number of anilines is 1. The van der Waals surface area contributed by atoms with Crippen LogP contribution >= 0.6 is 0 Å². The Morgan fingerprint density at radius 1 is 1.06 bits per heavy atom. The van der Waals surface area contributed by atoms with Crippen molar-refractivity contribution in [1.82, 2.24) is 10.2 Å². The first-order valence-corrected chi connectivity index (χ1v) is 8.87. The van der Waals surface area contributed by atoms with Gasteiger partial charge in [-0.3, -0.25) is 10.1 Å². The molecule has 0 amide bonds. The Kier molecular flexibility index (Phi) is 6.25. The molecule has 0 unspecified atom stereocenters. The third kappa shape index (κ3) is 5.76. The van der Waals surface area contributed by atoms with Gasteiger partial charge in [0.05, 0.1) is 28.7 Å². The fraction of sp³-hybridized carbons (Fsp3) is 0.211. The minimum Gasteiger partial charge on any atom is -0.419 e. The maximum Gasteiger partial charge on any atom is 0.417 e. The molecule has 0 saturated carbocycles. The van der Waals surface area contributed by atoms with E-state index < -0.39 is 47.2 Å². The zero-order chi connectivity index (χ0) is 24.4. The molecule has 33 heavy (non-hydrogen) atoms. The third-order valence-corrected chi connectivity index (χ3v) is 4.28. The predicted octanol–water partition coefficient (Wildman–Crippen LogP) is 5.10. The summed E-state index contributed by atoms with van der Waals surface area (Å²) in [4.78, 5) is 10.6. The fourth-order valence-electron chi connectivity index (χ4n) is 2.84. The van der Waals surface area contributed by atoms with Crippen molar-refractivity contribution in [2.24, 2.45) is 0 Å². The Labute approximate surface area is 180 Å². The minimum atomic E-state index is -4.96. The van der Waals surface area contributed by atoms with Crippen molar-refractivity contribution in [3.05, 3.63) is 69.6 Å². The van der Waals surface area contributed by atoms with Gasteiger partial charge in [0, 0.05) is 23.4 Å². The first-order chi connectivity index (χ1) is 15.4. The van der Waals surface area contributed by atoms with Crippen molar-refractivity contribution < 1.29 is 35.7 Å².